The number of nitrogens with one attached hydrogen (secondary N) is 1. The molecule has 1 heterocycles. The van der Waals surface area contributed by atoms with Crippen molar-refractivity contribution in [3.63, 3.8) is 0 Å². The van der Waals surface area contributed by atoms with Gasteiger partial charge in [-0.3, -0.25) is 0 Å². The van der Waals surface area contributed by atoms with Crippen molar-refractivity contribution in [2.24, 2.45) is 0 Å². The van der Waals surface area contributed by atoms with E-state index in [9.17, 15) is 0 Å². The van der Waals surface area contributed by atoms with Gasteiger partial charge in [-0.15, -0.1) is 0 Å². The molecule has 0 radical (unpaired) electrons. The lowest BCUT2D eigenvalue weighted by Gasteiger charge is -2.04. The summed E-state index contributed by atoms with van der Waals surface area (Å²) in [7, 11) is 0. The van der Waals surface area contributed by atoms with E-state index in [1.54, 1.807) is 6.07 Å². The van der Waals surface area contributed by atoms with Crippen LogP contribution in [0.25, 0.3) is 0 Å². The highest BCUT2D eigenvalue weighted by atomic mass is 16.3. The molecular weight excluding hydrogens is 240 g/mol. The van der Waals surface area contributed by atoms with Crippen molar-refractivity contribution >= 4 is 0 Å². The lowest BCUT2D eigenvalue weighted by molar-refractivity contribution is 0.282. The van der Waals surface area contributed by atoms with Gasteiger partial charge < -0.3 is 14.8 Å². The highest BCUT2D eigenvalue weighted by molar-refractivity contribution is 5.22. The second-order valence-electron chi connectivity index (χ2n) is 4.28. The Kier molecular flexibility index (Phi) is 4.73. The van der Waals surface area contributed by atoms with E-state index in [1.807, 2.05) is 36.4 Å². The van der Waals surface area contributed by atoms with Crippen molar-refractivity contribution in [2.45, 2.75) is 19.6 Å². The molecule has 0 saturated carbocycles. The number of aliphatic hydroxyl groups excluding tert-OH is 1. The molecule has 0 amide bonds. The summed E-state index contributed by atoms with van der Waals surface area (Å²) >= 11 is 0. The molecule has 0 atom stereocenters. The van der Waals surface area contributed by atoms with Crippen LogP contribution in [0.1, 0.15) is 22.6 Å². The van der Waals surface area contributed by atoms with Crippen molar-refractivity contribution in [2.75, 3.05) is 6.54 Å². The normalized spacial score (nSPS) is 10.3. The highest BCUT2D eigenvalue weighted by Gasteiger charge is 2.00. The molecule has 2 rings (SSSR count). The fourth-order valence-electron chi connectivity index (χ4n) is 1.79. The van der Waals surface area contributed by atoms with Crippen LogP contribution in [0.4, 0.5) is 0 Å². The molecule has 4 heteroatoms. The van der Waals surface area contributed by atoms with Crippen LogP contribution >= 0.6 is 0 Å². The average molecular weight is 256 g/mol. The van der Waals surface area contributed by atoms with Crippen LogP contribution < -0.4 is 5.32 Å². The van der Waals surface area contributed by atoms with Gasteiger partial charge in [-0.1, -0.05) is 24.3 Å². The first-order valence-electron chi connectivity index (χ1n) is 6.20. The number of furan rings is 1. The molecule has 0 fully saturated rings. The summed E-state index contributed by atoms with van der Waals surface area (Å²) in [5.41, 5.74) is 2.15. The first kappa shape index (κ1) is 13.3. The molecule has 0 aliphatic rings. The SMILES string of the molecule is N#Cc1ccc(CNCCc2ccc(CO)cc2)o1. The largest absolute Gasteiger partial charge is 0.449 e. The maximum atomic E-state index is 8.95. The molecule has 0 aliphatic carbocycles. The second-order valence-corrected chi connectivity index (χ2v) is 4.28. The molecule has 4 nitrogen and oxygen atoms in total. The minimum atomic E-state index is 0.0816. The predicted molar refractivity (Wildman–Crippen MR) is 71.2 cm³/mol. The number of nitriles is 1. The van der Waals surface area contributed by atoms with Crippen LogP contribution in [0.15, 0.2) is 40.8 Å². The topological polar surface area (TPSA) is 69.2 Å². The summed E-state index contributed by atoms with van der Waals surface area (Å²) < 4.78 is 5.26. The summed E-state index contributed by atoms with van der Waals surface area (Å²) in [4.78, 5) is 0. The van der Waals surface area contributed by atoms with Gasteiger partial charge in [-0.05, 0) is 36.2 Å². The second kappa shape index (κ2) is 6.74. The van der Waals surface area contributed by atoms with Crippen LogP contribution in [0.5, 0.6) is 0 Å². The maximum absolute atomic E-state index is 8.95. The predicted octanol–water partition coefficient (Wildman–Crippen LogP) is 1.98. The fraction of sp³-hybridized carbons (Fsp3) is 0.267. The lowest BCUT2D eigenvalue weighted by Crippen LogP contribution is -2.16. The monoisotopic (exact) mass is 256 g/mol. The molecule has 0 aliphatic heterocycles. The van der Waals surface area contributed by atoms with E-state index in [0.717, 1.165) is 24.3 Å². The van der Waals surface area contributed by atoms with Gasteiger partial charge in [-0.25, -0.2) is 0 Å². The maximum Gasteiger partial charge on any atom is 0.203 e. The van der Waals surface area contributed by atoms with E-state index >= 15 is 0 Å². The third-order valence-corrected chi connectivity index (χ3v) is 2.87. The van der Waals surface area contributed by atoms with E-state index in [0.29, 0.717) is 12.3 Å². The molecule has 0 saturated heterocycles. The Hall–Kier alpha value is -2.09. The van der Waals surface area contributed by atoms with Gasteiger partial charge >= 0.3 is 0 Å². The van der Waals surface area contributed by atoms with Crippen molar-refractivity contribution in [3.8, 4) is 6.07 Å². The molecular formula is C15H16N2O2. The molecule has 98 valence electrons. The number of rotatable bonds is 6. The van der Waals surface area contributed by atoms with Crippen LogP contribution in [0, 0.1) is 11.3 Å². The Balaban J connectivity index is 1.72. The lowest BCUT2D eigenvalue weighted by atomic mass is 10.1. The summed E-state index contributed by atoms with van der Waals surface area (Å²) in [5.74, 6) is 1.11. The van der Waals surface area contributed by atoms with Gasteiger partial charge in [0.25, 0.3) is 0 Å². The molecule has 19 heavy (non-hydrogen) atoms. The molecule has 1 aromatic carbocycles. The summed E-state index contributed by atoms with van der Waals surface area (Å²) in [6.45, 7) is 1.54. The molecule has 0 bridgehead atoms. The van der Waals surface area contributed by atoms with Gasteiger partial charge in [0.1, 0.15) is 11.8 Å². The average Bonchev–Trinajstić information content (AvgIpc) is 2.92. The zero-order valence-corrected chi connectivity index (χ0v) is 10.6. The Morgan fingerprint density at radius 2 is 1.84 bits per heavy atom. The van der Waals surface area contributed by atoms with Gasteiger partial charge in [0.2, 0.25) is 5.76 Å². The highest BCUT2D eigenvalue weighted by Crippen LogP contribution is 2.07. The van der Waals surface area contributed by atoms with Crippen LogP contribution in [-0.4, -0.2) is 11.7 Å². The van der Waals surface area contributed by atoms with Gasteiger partial charge in [0, 0.05) is 0 Å². The summed E-state index contributed by atoms with van der Waals surface area (Å²) in [6, 6.07) is 13.3. The van der Waals surface area contributed by atoms with Gasteiger partial charge in [0.15, 0.2) is 0 Å². The fourth-order valence-corrected chi connectivity index (χ4v) is 1.79. The standard InChI is InChI=1S/C15H16N2O2/c16-9-14-5-6-15(19-14)10-17-8-7-12-1-3-13(11-18)4-2-12/h1-6,17-18H,7-8,10-11H2. The molecule has 2 N–H and O–H groups in total. The summed E-state index contributed by atoms with van der Waals surface area (Å²) in [5, 5.41) is 20.8. The van der Waals surface area contributed by atoms with Crippen LogP contribution in [-0.2, 0) is 19.6 Å². The Morgan fingerprint density at radius 3 is 2.47 bits per heavy atom. The van der Waals surface area contributed by atoms with Crippen LogP contribution in [0.2, 0.25) is 0 Å². The molecule has 0 unspecified atom stereocenters. The van der Waals surface area contributed by atoms with E-state index in [-0.39, 0.29) is 6.61 Å². The minimum Gasteiger partial charge on any atom is -0.449 e. The number of benzene rings is 1. The van der Waals surface area contributed by atoms with E-state index in [1.165, 1.54) is 5.56 Å². The number of aliphatic hydroxyl groups is 1. The van der Waals surface area contributed by atoms with Crippen molar-refractivity contribution in [3.05, 3.63) is 59.0 Å². The van der Waals surface area contributed by atoms with E-state index in [4.69, 9.17) is 14.8 Å². The van der Waals surface area contributed by atoms with E-state index in [2.05, 4.69) is 5.32 Å². The molecule has 2 aromatic rings. The first-order valence-corrected chi connectivity index (χ1v) is 6.20. The smallest absolute Gasteiger partial charge is 0.203 e. The Morgan fingerprint density at radius 1 is 1.11 bits per heavy atom. The molecule has 1 aromatic heterocycles. The van der Waals surface area contributed by atoms with Crippen molar-refractivity contribution < 1.29 is 9.52 Å². The number of hydrogen-bond acceptors (Lipinski definition) is 4. The Bertz CT molecular complexity index is 552. The third kappa shape index (κ3) is 3.95. The first-order chi connectivity index (χ1) is 9.31. The number of nitrogens with zero attached hydrogens (tertiary/aromatic N) is 1. The van der Waals surface area contributed by atoms with Crippen molar-refractivity contribution in [1.29, 1.82) is 5.26 Å². The summed E-state index contributed by atoms with van der Waals surface area (Å²) in [6.07, 6.45) is 0.914. The zero-order valence-electron chi connectivity index (χ0n) is 10.6. The van der Waals surface area contributed by atoms with Crippen LogP contribution in [0.3, 0.4) is 0 Å². The Labute approximate surface area is 112 Å². The zero-order chi connectivity index (χ0) is 13.5. The van der Waals surface area contributed by atoms with E-state index < -0.39 is 0 Å². The minimum absolute atomic E-state index is 0.0816. The number of hydrogen-bond donors (Lipinski definition) is 2. The van der Waals surface area contributed by atoms with Gasteiger partial charge in [-0.2, -0.15) is 5.26 Å². The third-order valence-electron chi connectivity index (χ3n) is 2.87. The van der Waals surface area contributed by atoms with Gasteiger partial charge in [0.05, 0.1) is 13.2 Å². The van der Waals surface area contributed by atoms with Crippen molar-refractivity contribution in [1.82, 2.24) is 5.32 Å². The quantitative estimate of drug-likeness (QED) is 0.775. The molecule has 0 spiro atoms.